The first-order chi connectivity index (χ1) is 9.43. The smallest absolute Gasteiger partial charge is 0.131 e. The Bertz CT molecular complexity index is 675. The minimum absolute atomic E-state index is 0.436. The highest BCUT2D eigenvalue weighted by atomic mass is 79.9. The maximum Gasteiger partial charge on any atom is 0.131 e. The second kappa shape index (κ2) is 5.68. The first kappa shape index (κ1) is 14.6. The highest BCUT2D eigenvalue weighted by Crippen LogP contribution is 2.27. The van der Waals surface area contributed by atoms with Crippen molar-refractivity contribution in [2.24, 2.45) is 7.05 Å². The van der Waals surface area contributed by atoms with E-state index in [4.69, 9.17) is 10.00 Å². The Hall–Kier alpha value is -1.80. The summed E-state index contributed by atoms with van der Waals surface area (Å²) in [5.41, 5.74) is 4.53. The predicted octanol–water partition coefficient (Wildman–Crippen LogP) is 3.56. The molecule has 5 heteroatoms. The quantitative estimate of drug-likeness (QED) is 0.862. The van der Waals surface area contributed by atoms with E-state index >= 15 is 0 Å². The molecule has 0 aliphatic heterocycles. The number of hydrogen-bond donors (Lipinski definition) is 0. The molecule has 20 heavy (non-hydrogen) atoms. The second-order valence-electron chi connectivity index (χ2n) is 4.81. The highest BCUT2D eigenvalue weighted by molar-refractivity contribution is 9.10. The summed E-state index contributed by atoms with van der Waals surface area (Å²) in [5.74, 6) is 0.828. The van der Waals surface area contributed by atoms with Crippen LogP contribution in [0, 0.1) is 32.1 Å². The van der Waals surface area contributed by atoms with Crippen LogP contribution in [0.5, 0.6) is 5.75 Å². The van der Waals surface area contributed by atoms with Gasteiger partial charge in [-0.1, -0.05) is 0 Å². The average molecular weight is 334 g/mol. The van der Waals surface area contributed by atoms with Gasteiger partial charge < -0.3 is 4.74 Å². The van der Waals surface area contributed by atoms with Gasteiger partial charge in [0.25, 0.3) is 0 Å². The molecule has 1 aromatic carbocycles. The zero-order valence-electron chi connectivity index (χ0n) is 12.0. The Balaban J connectivity index is 2.26. The lowest BCUT2D eigenvalue weighted by molar-refractivity contribution is 0.290. The lowest BCUT2D eigenvalue weighted by Gasteiger charge is -2.13. The van der Waals surface area contributed by atoms with Gasteiger partial charge in [-0.2, -0.15) is 10.4 Å². The third-order valence-corrected chi connectivity index (χ3v) is 4.24. The van der Waals surface area contributed by atoms with E-state index in [-0.39, 0.29) is 0 Å². The van der Waals surface area contributed by atoms with Crippen molar-refractivity contribution in [1.82, 2.24) is 9.78 Å². The van der Waals surface area contributed by atoms with E-state index in [1.807, 2.05) is 44.6 Å². The van der Waals surface area contributed by atoms with Crippen molar-refractivity contribution in [3.63, 3.8) is 0 Å². The predicted molar refractivity (Wildman–Crippen MR) is 80.6 cm³/mol. The minimum atomic E-state index is 0.436. The number of nitriles is 1. The summed E-state index contributed by atoms with van der Waals surface area (Å²) >= 11 is 3.53. The summed E-state index contributed by atoms with van der Waals surface area (Å²) in [6, 6.07) is 5.83. The normalized spacial score (nSPS) is 10.4. The minimum Gasteiger partial charge on any atom is -0.487 e. The Labute approximate surface area is 127 Å². The summed E-state index contributed by atoms with van der Waals surface area (Å²) in [4.78, 5) is 0. The molecule has 2 rings (SSSR count). The zero-order valence-corrected chi connectivity index (χ0v) is 13.6. The molecule has 104 valence electrons. The van der Waals surface area contributed by atoms with E-state index in [1.54, 1.807) is 0 Å². The van der Waals surface area contributed by atoms with Crippen LogP contribution < -0.4 is 4.74 Å². The SMILES string of the molecule is Cc1cc(C#N)cc(C)c1OCc1c(Br)c(C)nn1C. The molecule has 4 nitrogen and oxygen atoms in total. The molecule has 0 N–H and O–H groups in total. The molecular weight excluding hydrogens is 318 g/mol. The van der Waals surface area contributed by atoms with Gasteiger partial charge >= 0.3 is 0 Å². The van der Waals surface area contributed by atoms with Gasteiger partial charge in [0, 0.05) is 7.05 Å². The molecule has 0 spiro atoms. The Morgan fingerprint density at radius 1 is 1.30 bits per heavy atom. The van der Waals surface area contributed by atoms with E-state index < -0.39 is 0 Å². The Kier molecular flexibility index (Phi) is 4.15. The number of rotatable bonds is 3. The van der Waals surface area contributed by atoms with Crippen molar-refractivity contribution in [3.8, 4) is 11.8 Å². The molecule has 0 unspecified atom stereocenters. The van der Waals surface area contributed by atoms with Gasteiger partial charge in [-0.25, -0.2) is 0 Å². The molecule has 0 amide bonds. The van der Waals surface area contributed by atoms with Gasteiger partial charge in [-0.15, -0.1) is 0 Å². The van der Waals surface area contributed by atoms with Crippen LogP contribution in [0.1, 0.15) is 28.1 Å². The van der Waals surface area contributed by atoms with Crippen LogP contribution in [0.3, 0.4) is 0 Å². The fourth-order valence-electron chi connectivity index (χ4n) is 2.22. The van der Waals surface area contributed by atoms with E-state index in [0.29, 0.717) is 12.2 Å². The average Bonchev–Trinajstić information content (AvgIpc) is 2.63. The van der Waals surface area contributed by atoms with Crippen molar-refractivity contribution in [3.05, 3.63) is 44.7 Å². The lowest BCUT2D eigenvalue weighted by atomic mass is 10.1. The molecule has 0 atom stereocenters. The summed E-state index contributed by atoms with van der Waals surface area (Å²) < 4.78 is 8.72. The molecule has 0 fully saturated rings. The van der Waals surface area contributed by atoms with Crippen molar-refractivity contribution in [1.29, 1.82) is 5.26 Å². The molecular formula is C15H16BrN3O. The maximum atomic E-state index is 8.95. The Morgan fingerprint density at radius 2 is 1.90 bits per heavy atom. The first-order valence-electron chi connectivity index (χ1n) is 6.26. The van der Waals surface area contributed by atoms with Gasteiger partial charge in [0.1, 0.15) is 12.4 Å². The third-order valence-electron chi connectivity index (χ3n) is 3.20. The van der Waals surface area contributed by atoms with Crippen molar-refractivity contribution in [2.45, 2.75) is 27.4 Å². The van der Waals surface area contributed by atoms with Crippen LogP contribution in [0.25, 0.3) is 0 Å². The van der Waals surface area contributed by atoms with E-state index in [2.05, 4.69) is 27.1 Å². The van der Waals surface area contributed by atoms with Gasteiger partial charge in [0.15, 0.2) is 0 Å². The number of halogens is 1. The van der Waals surface area contributed by atoms with Crippen LogP contribution in [-0.2, 0) is 13.7 Å². The van der Waals surface area contributed by atoms with Crippen molar-refractivity contribution in [2.75, 3.05) is 0 Å². The number of ether oxygens (including phenoxy) is 1. The number of benzene rings is 1. The van der Waals surface area contributed by atoms with Crippen molar-refractivity contribution < 1.29 is 4.74 Å². The van der Waals surface area contributed by atoms with Gasteiger partial charge in [-0.05, 0) is 60.0 Å². The van der Waals surface area contributed by atoms with Gasteiger partial charge in [-0.3, -0.25) is 4.68 Å². The first-order valence-corrected chi connectivity index (χ1v) is 7.05. The summed E-state index contributed by atoms with van der Waals surface area (Å²) in [6.07, 6.45) is 0. The molecule has 0 aliphatic carbocycles. The van der Waals surface area contributed by atoms with Gasteiger partial charge in [0.05, 0.1) is 27.5 Å². The maximum absolute atomic E-state index is 8.95. The monoisotopic (exact) mass is 333 g/mol. The van der Waals surface area contributed by atoms with E-state index in [0.717, 1.165) is 32.7 Å². The topological polar surface area (TPSA) is 50.8 Å². The Morgan fingerprint density at radius 3 is 2.35 bits per heavy atom. The van der Waals surface area contributed by atoms with Gasteiger partial charge in [0.2, 0.25) is 0 Å². The van der Waals surface area contributed by atoms with Crippen LogP contribution in [0.2, 0.25) is 0 Å². The molecule has 0 saturated heterocycles. The summed E-state index contributed by atoms with van der Waals surface area (Å²) in [7, 11) is 1.90. The lowest BCUT2D eigenvalue weighted by Crippen LogP contribution is -2.05. The van der Waals surface area contributed by atoms with Crippen LogP contribution >= 0.6 is 15.9 Å². The van der Waals surface area contributed by atoms with Crippen LogP contribution in [0.4, 0.5) is 0 Å². The summed E-state index contributed by atoms with van der Waals surface area (Å²) in [5, 5.41) is 13.3. The van der Waals surface area contributed by atoms with Crippen LogP contribution in [-0.4, -0.2) is 9.78 Å². The van der Waals surface area contributed by atoms with E-state index in [9.17, 15) is 0 Å². The van der Waals surface area contributed by atoms with Crippen molar-refractivity contribution >= 4 is 15.9 Å². The number of nitrogens with zero attached hydrogens (tertiary/aromatic N) is 3. The second-order valence-corrected chi connectivity index (χ2v) is 5.60. The molecule has 0 aliphatic rings. The van der Waals surface area contributed by atoms with E-state index in [1.165, 1.54) is 0 Å². The molecule has 0 saturated carbocycles. The molecule has 1 heterocycles. The van der Waals surface area contributed by atoms with Crippen LogP contribution in [0.15, 0.2) is 16.6 Å². The largest absolute Gasteiger partial charge is 0.487 e. The highest BCUT2D eigenvalue weighted by Gasteiger charge is 2.13. The standard InChI is InChI=1S/C15H16BrN3O/c1-9-5-12(7-17)6-10(2)15(9)20-8-13-14(16)11(3)18-19(13)4/h5-6H,8H2,1-4H3. The summed E-state index contributed by atoms with van der Waals surface area (Å²) in [6.45, 7) is 6.29. The molecule has 0 radical (unpaired) electrons. The number of hydrogen-bond acceptors (Lipinski definition) is 3. The zero-order chi connectivity index (χ0) is 14.9. The third kappa shape index (κ3) is 2.70. The number of aromatic nitrogens is 2. The fourth-order valence-corrected chi connectivity index (χ4v) is 2.67. The molecule has 0 bridgehead atoms. The fraction of sp³-hybridized carbons (Fsp3) is 0.333. The molecule has 2 aromatic rings. The molecule has 1 aromatic heterocycles. The number of aryl methyl sites for hydroxylation is 4.